The highest BCUT2D eigenvalue weighted by atomic mass is 35.5. The molecule has 2 amide bonds. The van der Waals surface area contributed by atoms with E-state index in [2.05, 4.69) is 30.4 Å². The monoisotopic (exact) mass is 484 g/mol. The van der Waals surface area contributed by atoms with Crippen molar-refractivity contribution in [2.24, 2.45) is 0 Å². The zero-order chi connectivity index (χ0) is 23.8. The Morgan fingerprint density at radius 3 is 2.36 bits per heavy atom. The molecule has 3 rings (SSSR count). The zero-order valence-corrected chi connectivity index (χ0v) is 20.6. The van der Waals surface area contributed by atoms with Crippen molar-refractivity contribution in [2.45, 2.75) is 52.1 Å². The number of amides is 2. The fourth-order valence-corrected chi connectivity index (χ4v) is 4.39. The number of unbranched alkanes of at least 4 members (excludes halogenated alkanes) is 1. The minimum absolute atomic E-state index is 0.114. The first-order valence-electron chi connectivity index (χ1n) is 11.4. The zero-order valence-electron chi connectivity index (χ0n) is 19.1. The van der Waals surface area contributed by atoms with E-state index in [1.807, 2.05) is 24.3 Å². The number of nitrogens with zero attached hydrogens (tertiary/aromatic N) is 1. The van der Waals surface area contributed by atoms with Gasteiger partial charge in [-0.05, 0) is 48.2 Å². The lowest BCUT2D eigenvalue weighted by Gasteiger charge is -2.29. The number of carbonyl (C=O) groups excluding carboxylic acids is 2. The SMILES string of the molecule is CCCCNC(=O)[C@H](C)N(Cc1c(Cl)cccc1Cl)C(=O)CCc1cccc2ccccc12. The highest BCUT2D eigenvalue weighted by Gasteiger charge is 2.27. The second-order valence-corrected chi connectivity index (χ2v) is 9.00. The molecular formula is C27H30Cl2N2O2. The average molecular weight is 485 g/mol. The maximum atomic E-state index is 13.4. The van der Waals surface area contributed by atoms with Crippen molar-refractivity contribution in [3.8, 4) is 0 Å². The predicted octanol–water partition coefficient (Wildman–Crippen LogP) is 6.41. The van der Waals surface area contributed by atoms with Crippen LogP contribution in [0.4, 0.5) is 0 Å². The molecule has 1 N–H and O–H groups in total. The molecule has 1 atom stereocenters. The molecule has 3 aromatic rings. The summed E-state index contributed by atoms with van der Waals surface area (Å²) in [5.74, 6) is -0.290. The van der Waals surface area contributed by atoms with Crippen molar-refractivity contribution in [3.63, 3.8) is 0 Å². The van der Waals surface area contributed by atoms with E-state index in [9.17, 15) is 9.59 Å². The van der Waals surface area contributed by atoms with Gasteiger partial charge in [-0.25, -0.2) is 0 Å². The number of hydrogen-bond donors (Lipinski definition) is 1. The molecule has 0 aliphatic heterocycles. The highest BCUT2D eigenvalue weighted by Crippen LogP contribution is 2.27. The first-order valence-corrected chi connectivity index (χ1v) is 12.1. The van der Waals surface area contributed by atoms with Crippen LogP contribution in [0.25, 0.3) is 10.8 Å². The lowest BCUT2D eigenvalue weighted by Crippen LogP contribution is -2.48. The van der Waals surface area contributed by atoms with Crippen LogP contribution in [-0.2, 0) is 22.6 Å². The summed E-state index contributed by atoms with van der Waals surface area (Å²) in [6.45, 7) is 4.58. The molecule has 6 heteroatoms. The normalized spacial score (nSPS) is 11.9. The highest BCUT2D eigenvalue weighted by molar-refractivity contribution is 6.36. The van der Waals surface area contributed by atoms with Crippen molar-refractivity contribution in [1.29, 1.82) is 0 Å². The first kappa shape index (κ1) is 25.1. The van der Waals surface area contributed by atoms with Gasteiger partial charge in [-0.1, -0.05) is 85.1 Å². The van der Waals surface area contributed by atoms with Crippen molar-refractivity contribution < 1.29 is 9.59 Å². The quantitative estimate of drug-likeness (QED) is 0.337. The van der Waals surface area contributed by atoms with E-state index in [0.717, 1.165) is 29.2 Å². The molecule has 0 heterocycles. The lowest BCUT2D eigenvalue weighted by atomic mass is 10.0. The summed E-state index contributed by atoms with van der Waals surface area (Å²) in [5, 5.41) is 6.17. The van der Waals surface area contributed by atoms with Crippen LogP contribution < -0.4 is 5.32 Å². The number of fused-ring (bicyclic) bond motifs is 1. The van der Waals surface area contributed by atoms with Crippen LogP contribution in [0.15, 0.2) is 60.7 Å². The van der Waals surface area contributed by atoms with Gasteiger partial charge in [-0.2, -0.15) is 0 Å². The van der Waals surface area contributed by atoms with E-state index in [1.54, 1.807) is 30.0 Å². The molecule has 0 aliphatic carbocycles. The van der Waals surface area contributed by atoms with Crippen molar-refractivity contribution in [1.82, 2.24) is 10.2 Å². The summed E-state index contributed by atoms with van der Waals surface area (Å²) in [5.41, 5.74) is 1.75. The summed E-state index contributed by atoms with van der Waals surface area (Å²) in [6, 6.07) is 18.9. The van der Waals surface area contributed by atoms with Crippen LogP contribution >= 0.6 is 23.2 Å². The van der Waals surface area contributed by atoms with Crippen LogP contribution in [0.1, 0.15) is 44.2 Å². The van der Waals surface area contributed by atoms with Gasteiger partial charge in [0.1, 0.15) is 6.04 Å². The molecule has 0 saturated heterocycles. The van der Waals surface area contributed by atoms with E-state index < -0.39 is 6.04 Å². The summed E-state index contributed by atoms with van der Waals surface area (Å²) < 4.78 is 0. The molecule has 0 aromatic heterocycles. The third kappa shape index (κ3) is 6.49. The molecular weight excluding hydrogens is 455 g/mol. The smallest absolute Gasteiger partial charge is 0.242 e. The number of benzene rings is 3. The largest absolute Gasteiger partial charge is 0.354 e. The molecule has 0 radical (unpaired) electrons. The van der Waals surface area contributed by atoms with E-state index in [-0.39, 0.29) is 24.8 Å². The van der Waals surface area contributed by atoms with Crippen molar-refractivity contribution in [2.75, 3.05) is 6.54 Å². The molecule has 4 nitrogen and oxygen atoms in total. The van der Waals surface area contributed by atoms with Gasteiger partial charge in [0, 0.05) is 35.1 Å². The van der Waals surface area contributed by atoms with Crippen LogP contribution in [0.5, 0.6) is 0 Å². The fraction of sp³-hybridized carbons (Fsp3) is 0.333. The van der Waals surface area contributed by atoms with E-state index in [4.69, 9.17) is 23.2 Å². The number of nitrogens with one attached hydrogen (secondary N) is 1. The van der Waals surface area contributed by atoms with Gasteiger partial charge in [-0.15, -0.1) is 0 Å². The third-order valence-corrected chi connectivity index (χ3v) is 6.58. The minimum Gasteiger partial charge on any atom is -0.354 e. The maximum Gasteiger partial charge on any atom is 0.242 e. The van der Waals surface area contributed by atoms with Gasteiger partial charge in [0.15, 0.2) is 0 Å². The lowest BCUT2D eigenvalue weighted by molar-refractivity contribution is -0.140. The van der Waals surface area contributed by atoms with Gasteiger partial charge < -0.3 is 10.2 Å². The molecule has 0 unspecified atom stereocenters. The molecule has 0 saturated carbocycles. The standard InChI is InChI=1S/C27H30Cl2N2O2/c1-3-4-17-30-27(33)19(2)31(18-23-24(28)13-8-14-25(23)29)26(32)16-15-21-11-7-10-20-9-5-6-12-22(20)21/h5-14,19H,3-4,15-18H2,1-2H3,(H,30,33)/t19-/m0/s1. The molecule has 0 bridgehead atoms. The molecule has 3 aromatic carbocycles. The number of carbonyl (C=O) groups is 2. The Kier molecular flexibility index (Phi) is 9.16. The summed E-state index contributed by atoms with van der Waals surface area (Å²) in [6.07, 6.45) is 2.74. The summed E-state index contributed by atoms with van der Waals surface area (Å²) >= 11 is 12.8. The maximum absolute atomic E-state index is 13.4. The van der Waals surface area contributed by atoms with Crippen LogP contribution in [0.2, 0.25) is 10.0 Å². The summed E-state index contributed by atoms with van der Waals surface area (Å²) in [4.78, 5) is 27.8. The van der Waals surface area contributed by atoms with E-state index >= 15 is 0 Å². The topological polar surface area (TPSA) is 49.4 Å². The fourth-order valence-electron chi connectivity index (χ4n) is 3.87. The Morgan fingerprint density at radius 2 is 1.64 bits per heavy atom. The molecule has 0 fully saturated rings. The number of aryl methyl sites for hydroxylation is 1. The third-order valence-electron chi connectivity index (χ3n) is 5.88. The molecule has 0 spiro atoms. The Labute approximate surface area is 205 Å². The van der Waals surface area contributed by atoms with E-state index in [0.29, 0.717) is 28.6 Å². The van der Waals surface area contributed by atoms with Gasteiger partial charge in [0.05, 0.1) is 0 Å². The Hall–Kier alpha value is -2.56. The second kappa shape index (κ2) is 12.1. The van der Waals surface area contributed by atoms with E-state index in [1.165, 1.54) is 0 Å². The summed E-state index contributed by atoms with van der Waals surface area (Å²) in [7, 11) is 0. The molecule has 33 heavy (non-hydrogen) atoms. The number of halogens is 2. The van der Waals surface area contributed by atoms with Gasteiger partial charge in [0.2, 0.25) is 11.8 Å². The first-order chi connectivity index (χ1) is 15.9. The van der Waals surface area contributed by atoms with Gasteiger partial charge in [-0.3, -0.25) is 9.59 Å². The van der Waals surface area contributed by atoms with Gasteiger partial charge in [0.25, 0.3) is 0 Å². The van der Waals surface area contributed by atoms with Gasteiger partial charge >= 0.3 is 0 Å². The molecule has 174 valence electrons. The Bertz CT molecular complexity index is 1090. The van der Waals surface area contributed by atoms with Crippen LogP contribution in [-0.4, -0.2) is 29.3 Å². The minimum atomic E-state index is -0.644. The molecule has 0 aliphatic rings. The van der Waals surface area contributed by atoms with Crippen molar-refractivity contribution in [3.05, 3.63) is 81.8 Å². The number of hydrogen-bond acceptors (Lipinski definition) is 2. The Balaban J connectivity index is 1.81. The average Bonchev–Trinajstić information content (AvgIpc) is 2.82. The number of rotatable bonds is 10. The predicted molar refractivity (Wildman–Crippen MR) is 137 cm³/mol. The van der Waals surface area contributed by atoms with Crippen molar-refractivity contribution >= 4 is 45.8 Å². The second-order valence-electron chi connectivity index (χ2n) is 8.18. The Morgan fingerprint density at radius 1 is 0.970 bits per heavy atom. The van der Waals surface area contributed by atoms with Crippen LogP contribution in [0, 0.1) is 0 Å². The van der Waals surface area contributed by atoms with Crippen LogP contribution in [0.3, 0.4) is 0 Å².